The van der Waals surface area contributed by atoms with Crippen LogP contribution in [0.25, 0.3) is 11.1 Å². The molecule has 8 aromatic carbocycles. The summed E-state index contributed by atoms with van der Waals surface area (Å²) in [6.07, 6.45) is 1.09. The molecule has 0 aliphatic heterocycles. The van der Waals surface area contributed by atoms with E-state index in [1.165, 1.54) is 0 Å². The lowest BCUT2D eigenvalue weighted by Gasteiger charge is -2.27. The van der Waals surface area contributed by atoms with Crippen molar-refractivity contribution in [1.29, 1.82) is 0 Å². The first-order valence-electron chi connectivity index (χ1n) is 28.1. The van der Waals surface area contributed by atoms with E-state index >= 15 is 0 Å². The molecule has 0 radical (unpaired) electrons. The minimum absolute atomic E-state index is 0.313. The van der Waals surface area contributed by atoms with Crippen LogP contribution in [0.4, 0.5) is 4.79 Å². The molecule has 0 atom stereocenters. The minimum atomic E-state index is -0.643. The first kappa shape index (κ1) is 64.1. The highest BCUT2D eigenvalue weighted by molar-refractivity contribution is 5.73. The molecule has 0 fully saturated rings. The summed E-state index contributed by atoms with van der Waals surface area (Å²) in [6, 6.07) is 43.6. The van der Waals surface area contributed by atoms with Crippen LogP contribution in [-0.2, 0) is 15.9 Å². The Bertz CT molecular complexity index is 3690. The van der Waals surface area contributed by atoms with E-state index in [9.17, 15) is 14.7 Å². The van der Waals surface area contributed by atoms with Gasteiger partial charge in [-0.2, -0.15) is 4.99 Å². The van der Waals surface area contributed by atoms with Crippen molar-refractivity contribution < 1.29 is 38.4 Å². The molecular formula is C74H82N2O8. The summed E-state index contributed by atoms with van der Waals surface area (Å²) in [6.45, 7) is 43.3. The predicted molar refractivity (Wildman–Crippen MR) is 343 cm³/mol. The minimum Gasteiger partial charge on any atom is -0.507 e. The third-order valence-electron chi connectivity index (χ3n) is 14.5. The lowest BCUT2D eigenvalue weighted by atomic mass is 9.92. The van der Waals surface area contributed by atoms with Gasteiger partial charge in [0.1, 0.15) is 57.5 Å². The zero-order chi connectivity index (χ0) is 62.0. The Morgan fingerprint density at radius 2 is 0.738 bits per heavy atom. The molecule has 0 aliphatic rings. The zero-order valence-corrected chi connectivity index (χ0v) is 52.4. The molecule has 84 heavy (non-hydrogen) atoms. The SMILES string of the molecule is C=C(C)c1cccc(C(C)(C)N=C=O)c1.C=C(C)c1cccc(C(C)(C)NC(=O)Oc2c(C)cc(Oc3c(C)cc(Oc4c(C)cccc4C)cc3C)cc2C)c1.Cc1cc(Oc2c(C)cc(Oc3c(C)cccc3C)cc2C)cc(C)c1O. The van der Waals surface area contributed by atoms with E-state index in [1.54, 1.807) is 6.08 Å². The third-order valence-corrected chi connectivity index (χ3v) is 14.5. The fourth-order valence-corrected chi connectivity index (χ4v) is 9.72. The Morgan fingerprint density at radius 3 is 1.08 bits per heavy atom. The number of carbonyl (C=O) groups excluding carboxylic acids is 2. The van der Waals surface area contributed by atoms with Crippen molar-refractivity contribution in [1.82, 2.24) is 5.32 Å². The van der Waals surface area contributed by atoms with Gasteiger partial charge < -0.3 is 34.1 Å². The van der Waals surface area contributed by atoms with Gasteiger partial charge in [-0.25, -0.2) is 9.59 Å². The Balaban J connectivity index is 0.000000229. The summed E-state index contributed by atoms with van der Waals surface area (Å²) in [7, 11) is 0. The lowest BCUT2D eigenvalue weighted by molar-refractivity contribution is 0.187. The first-order chi connectivity index (χ1) is 39.5. The van der Waals surface area contributed by atoms with Gasteiger partial charge in [0.15, 0.2) is 0 Å². The average Bonchev–Trinajstić information content (AvgIpc) is 3.29. The highest BCUT2D eigenvalue weighted by Crippen LogP contribution is 2.40. The van der Waals surface area contributed by atoms with Gasteiger partial charge in [0.05, 0.1) is 11.1 Å². The number of phenols is 1. The number of hydrogen-bond acceptors (Lipinski definition) is 9. The number of nitrogens with zero attached hydrogens (tertiary/aromatic N) is 1. The van der Waals surface area contributed by atoms with Crippen LogP contribution in [0.15, 0.2) is 152 Å². The summed E-state index contributed by atoms with van der Waals surface area (Å²) in [5.74, 6) is 7.14. The Hall–Kier alpha value is -9.11. The highest BCUT2D eigenvalue weighted by Gasteiger charge is 2.26. The predicted octanol–water partition coefficient (Wildman–Crippen LogP) is 20.3. The van der Waals surface area contributed by atoms with Gasteiger partial charge >= 0.3 is 6.09 Å². The van der Waals surface area contributed by atoms with Crippen molar-refractivity contribution in [2.75, 3.05) is 0 Å². The van der Waals surface area contributed by atoms with Crippen LogP contribution in [-0.4, -0.2) is 17.3 Å². The number of para-hydroxylation sites is 2. The molecule has 0 spiro atoms. The standard InChI is InChI=1S/C37H41NO4.C24H26O3.C13H15NO/c1-22(2)29-15-12-16-30(21-29)37(9,10)38-36(39)42-35-27(7)19-32(20-28(35)8)41-34-25(5)17-31(18-26(34)6)40-33-23(3)13-11-14-24(33)4;1-14-8-7-9-15(2)23(14)26-21-12-18(5)24(19(6)13-21)27-20-10-16(3)22(25)17(4)11-20;1-10(2)11-6-5-7-12(8-11)13(3,4)14-9-15/h11-21H,1H2,2-10H3,(H,38,39);7-13,25H,1-6H3;5-8H,1H2,2-4H3. The van der Waals surface area contributed by atoms with Crippen LogP contribution in [0.5, 0.6) is 57.5 Å². The van der Waals surface area contributed by atoms with Crippen molar-refractivity contribution in [3.05, 3.63) is 236 Å². The van der Waals surface area contributed by atoms with Crippen LogP contribution < -0.4 is 29.0 Å². The van der Waals surface area contributed by atoms with Gasteiger partial charge in [0.25, 0.3) is 0 Å². The molecule has 8 aromatic rings. The number of aromatic hydroxyl groups is 1. The maximum absolute atomic E-state index is 13.0. The Morgan fingerprint density at radius 1 is 0.440 bits per heavy atom. The van der Waals surface area contributed by atoms with Crippen molar-refractivity contribution in [2.24, 2.45) is 4.99 Å². The van der Waals surface area contributed by atoms with Crippen LogP contribution in [0.3, 0.4) is 0 Å². The molecule has 1 amide bonds. The van der Waals surface area contributed by atoms with Crippen LogP contribution in [0.2, 0.25) is 0 Å². The summed E-state index contributed by atoms with van der Waals surface area (Å²) in [5.41, 5.74) is 16.4. The fourth-order valence-electron chi connectivity index (χ4n) is 9.72. The molecule has 0 aliphatic carbocycles. The lowest BCUT2D eigenvalue weighted by Crippen LogP contribution is -2.42. The van der Waals surface area contributed by atoms with E-state index in [2.05, 4.69) is 49.4 Å². The Kier molecular flexibility index (Phi) is 20.8. The molecule has 0 saturated carbocycles. The van der Waals surface area contributed by atoms with Crippen molar-refractivity contribution in [3.8, 4) is 57.5 Å². The average molecular weight is 1130 g/mol. The van der Waals surface area contributed by atoms with Gasteiger partial charge in [0.2, 0.25) is 6.08 Å². The number of phenolic OH excluding ortho intramolecular Hbond substituents is 1. The van der Waals surface area contributed by atoms with Gasteiger partial charge in [0, 0.05) is 0 Å². The van der Waals surface area contributed by atoms with E-state index in [0.29, 0.717) is 17.2 Å². The number of allylic oxidation sites excluding steroid dienone is 2. The number of isocyanates is 1. The normalized spacial score (nSPS) is 10.9. The number of aryl methyl sites for hydroxylation is 12. The maximum Gasteiger partial charge on any atom is 0.413 e. The van der Waals surface area contributed by atoms with E-state index < -0.39 is 17.2 Å². The van der Waals surface area contributed by atoms with E-state index in [4.69, 9.17) is 23.7 Å². The number of rotatable bonds is 15. The number of amides is 1. The van der Waals surface area contributed by atoms with Gasteiger partial charge in [-0.3, -0.25) is 0 Å². The summed E-state index contributed by atoms with van der Waals surface area (Å²) < 4.78 is 30.8. The number of hydrogen-bond donors (Lipinski definition) is 2. The molecule has 10 heteroatoms. The summed E-state index contributed by atoms with van der Waals surface area (Å²) >= 11 is 0. The highest BCUT2D eigenvalue weighted by atomic mass is 16.6. The first-order valence-corrected chi connectivity index (χ1v) is 28.1. The van der Waals surface area contributed by atoms with Gasteiger partial charge in [-0.1, -0.05) is 97.1 Å². The maximum atomic E-state index is 13.0. The van der Waals surface area contributed by atoms with E-state index in [1.807, 2.05) is 232 Å². The largest absolute Gasteiger partial charge is 0.507 e. The monoisotopic (exact) mass is 1130 g/mol. The molecule has 8 rings (SSSR count). The number of benzene rings is 8. The second kappa shape index (κ2) is 27.3. The molecule has 10 nitrogen and oxygen atoms in total. The molecule has 0 bridgehead atoms. The molecule has 2 N–H and O–H groups in total. The zero-order valence-electron chi connectivity index (χ0n) is 52.4. The van der Waals surface area contributed by atoms with E-state index in [0.717, 1.165) is 140 Å². The quantitative estimate of drug-likeness (QED) is 0.0768. The second-order valence-corrected chi connectivity index (χ2v) is 23.0. The molecule has 0 aromatic heterocycles. The van der Waals surface area contributed by atoms with Crippen LogP contribution in [0, 0.1) is 83.1 Å². The number of nitrogens with one attached hydrogen (secondary N) is 1. The summed E-state index contributed by atoms with van der Waals surface area (Å²) in [5, 5.41) is 13.0. The van der Waals surface area contributed by atoms with Gasteiger partial charge in [-0.05, 0) is 274 Å². The molecule has 0 unspecified atom stereocenters. The van der Waals surface area contributed by atoms with Crippen LogP contribution in [0.1, 0.15) is 131 Å². The van der Waals surface area contributed by atoms with E-state index in [-0.39, 0.29) is 0 Å². The molecule has 0 heterocycles. The smallest absolute Gasteiger partial charge is 0.413 e. The van der Waals surface area contributed by atoms with Crippen LogP contribution >= 0.6 is 0 Å². The van der Waals surface area contributed by atoms with Crippen molar-refractivity contribution in [2.45, 2.75) is 136 Å². The summed E-state index contributed by atoms with van der Waals surface area (Å²) in [4.78, 5) is 27.1. The number of ether oxygens (including phenoxy) is 5. The topological polar surface area (TPSA) is 125 Å². The molecular weight excluding hydrogens is 1040 g/mol. The van der Waals surface area contributed by atoms with Crippen molar-refractivity contribution in [3.63, 3.8) is 0 Å². The Labute approximate surface area is 498 Å². The van der Waals surface area contributed by atoms with Gasteiger partial charge in [-0.15, -0.1) is 0 Å². The van der Waals surface area contributed by atoms with Crippen molar-refractivity contribution >= 4 is 23.3 Å². The fraction of sp³-hybridized carbons (Fsp3) is 0.270. The number of carbonyl (C=O) groups is 1. The molecule has 0 saturated heterocycles. The number of aliphatic imine (C=N–C) groups is 1. The second-order valence-electron chi connectivity index (χ2n) is 23.0. The third kappa shape index (κ3) is 16.3. The molecule has 436 valence electrons.